The fourth-order valence-electron chi connectivity index (χ4n) is 4.90. The first-order valence-corrected chi connectivity index (χ1v) is 12.7. The molecule has 2 atom stereocenters. The minimum Gasteiger partial charge on any atom is -0.421 e. The normalized spacial score (nSPS) is 27.7. The summed E-state index contributed by atoms with van der Waals surface area (Å²) in [6, 6.07) is 0. The Bertz CT molecular complexity index is 517. The standard InChI is InChI=1S/C24H40Cl2O4/c1-16(2)14-20(25)22(27)29-24(30-23(28)21(26)15-17(3)4)12-10-19(11-13-24)18-8-6-5-7-9-18/h16-21H,5-15H2,1-4H3. The number of carbonyl (C=O) groups is 2. The smallest absolute Gasteiger partial charge is 0.327 e. The number of alkyl halides is 2. The van der Waals surface area contributed by atoms with Crippen LogP contribution in [0.3, 0.4) is 0 Å². The lowest BCUT2D eigenvalue weighted by molar-refractivity contribution is -0.242. The van der Waals surface area contributed by atoms with Crippen molar-refractivity contribution in [2.75, 3.05) is 0 Å². The summed E-state index contributed by atoms with van der Waals surface area (Å²) in [4.78, 5) is 25.4. The lowest BCUT2D eigenvalue weighted by Crippen LogP contribution is -2.47. The van der Waals surface area contributed by atoms with Gasteiger partial charge in [-0.2, -0.15) is 0 Å². The largest absolute Gasteiger partial charge is 0.421 e. The molecule has 2 aliphatic carbocycles. The molecule has 2 rings (SSSR count). The zero-order valence-corrected chi connectivity index (χ0v) is 20.6. The first-order valence-electron chi connectivity index (χ1n) is 11.9. The van der Waals surface area contributed by atoms with E-state index < -0.39 is 28.5 Å². The van der Waals surface area contributed by atoms with Crippen LogP contribution in [-0.4, -0.2) is 28.5 Å². The Labute approximate surface area is 192 Å². The Hall–Kier alpha value is -0.480. The number of carbonyl (C=O) groups excluding carboxylic acids is 2. The highest BCUT2D eigenvalue weighted by molar-refractivity contribution is 6.30. The van der Waals surface area contributed by atoms with Gasteiger partial charge in [0.1, 0.15) is 10.8 Å². The van der Waals surface area contributed by atoms with E-state index in [2.05, 4.69) is 0 Å². The molecule has 0 aromatic rings. The molecule has 4 nitrogen and oxygen atoms in total. The van der Waals surface area contributed by atoms with Gasteiger partial charge in [0.2, 0.25) is 0 Å². The Morgan fingerprint density at radius 1 is 0.767 bits per heavy atom. The molecule has 0 aromatic heterocycles. The van der Waals surface area contributed by atoms with Crippen molar-refractivity contribution in [3.63, 3.8) is 0 Å². The molecule has 2 saturated carbocycles. The van der Waals surface area contributed by atoms with Gasteiger partial charge in [-0.1, -0.05) is 59.8 Å². The molecule has 2 fully saturated rings. The second-order valence-electron chi connectivity index (χ2n) is 10.2. The van der Waals surface area contributed by atoms with Crippen molar-refractivity contribution in [2.45, 2.75) is 115 Å². The second-order valence-corrected chi connectivity index (χ2v) is 11.2. The Kier molecular flexibility index (Phi) is 10.3. The molecule has 0 spiro atoms. The van der Waals surface area contributed by atoms with Gasteiger partial charge in [-0.3, -0.25) is 9.59 Å². The van der Waals surface area contributed by atoms with E-state index in [0.29, 0.717) is 31.6 Å². The molecule has 2 aliphatic rings. The molecule has 2 unspecified atom stereocenters. The fourth-order valence-corrected chi connectivity index (χ4v) is 5.70. The van der Waals surface area contributed by atoms with E-state index in [-0.39, 0.29) is 11.8 Å². The summed E-state index contributed by atoms with van der Waals surface area (Å²) >= 11 is 12.6. The zero-order chi connectivity index (χ0) is 22.3. The summed E-state index contributed by atoms with van der Waals surface area (Å²) in [7, 11) is 0. The highest BCUT2D eigenvalue weighted by atomic mass is 35.5. The number of hydrogen-bond donors (Lipinski definition) is 0. The molecular formula is C24H40Cl2O4. The van der Waals surface area contributed by atoms with Crippen molar-refractivity contribution in [1.29, 1.82) is 0 Å². The maximum absolute atomic E-state index is 12.7. The third-order valence-electron chi connectivity index (χ3n) is 6.55. The summed E-state index contributed by atoms with van der Waals surface area (Å²) in [5.41, 5.74) is 0. The summed E-state index contributed by atoms with van der Waals surface area (Å²) in [6.45, 7) is 8.05. The molecule has 0 amide bonds. The van der Waals surface area contributed by atoms with Gasteiger partial charge in [0.25, 0.3) is 5.79 Å². The summed E-state index contributed by atoms with van der Waals surface area (Å²) < 4.78 is 11.7. The highest BCUT2D eigenvalue weighted by Crippen LogP contribution is 2.44. The van der Waals surface area contributed by atoms with Gasteiger partial charge < -0.3 is 9.47 Å². The summed E-state index contributed by atoms with van der Waals surface area (Å²) in [5, 5.41) is -1.47. The molecule has 174 valence electrons. The zero-order valence-electron chi connectivity index (χ0n) is 19.1. The van der Waals surface area contributed by atoms with Gasteiger partial charge in [-0.15, -0.1) is 23.2 Å². The third kappa shape index (κ3) is 7.89. The Balaban J connectivity index is 2.06. The predicted octanol–water partition coefficient (Wildman–Crippen LogP) is 6.85. The molecule has 6 heteroatoms. The molecule has 0 radical (unpaired) electrons. The lowest BCUT2D eigenvalue weighted by Gasteiger charge is -2.42. The van der Waals surface area contributed by atoms with Gasteiger partial charge in [0, 0.05) is 12.8 Å². The minimum atomic E-state index is -1.23. The van der Waals surface area contributed by atoms with Gasteiger partial charge >= 0.3 is 11.9 Å². The van der Waals surface area contributed by atoms with Crippen molar-refractivity contribution in [3.8, 4) is 0 Å². The van der Waals surface area contributed by atoms with Crippen LogP contribution in [0.25, 0.3) is 0 Å². The van der Waals surface area contributed by atoms with Gasteiger partial charge in [0.15, 0.2) is 0 Å². The van der Waals surface area contributed by atoms with E-state index in [1.165, 1.54) is 32.1 Å². The minimum absolute atomic E-state index is 0.277. The Morgan fingerprint density at radius 3 is 1.57 bits per heavy atom. The maximum atomic E-state index is 12.7. The topological polar surface area (TPSA) is 52.6 Å². The number of rotatable bonds is 9. The number of ether oxygens (including phenoxy) is 2. The molecular weight excluding hydrogens is 423 g/mol. The third-order valence-corrected chi connectivity index (χ3v) is 7.26. The van der Waals surface area contributed by atoms with Crippen LogP contribution in [0.2, 0.25) is 0 Å². The van der Waals surface area contributed by atoms with Gasteiger partial charge in [-0.05, 0) is 49.4 Å². The van der Waals surface area contributed by atoms with Crippen LogP contribution in [-0.2, 0) is 19.1 Å². The van der Waals surface area contributed by atoms with E-state index in [4.69, 9.17) is 32.7 Å². The van der Waals surface area contributed by atoms with Crippen LogP contribution in [0.15, 0.2) is 0 Å². The van der Waals surface area contributed by atoms with Gasteiger partial charge in [-0.25, -0.2) is 0 Å². The molecule has 30 heavy (non-hydrogen) atoms. The van der Waals surface area contributed by atoms with Crippen LogP contribution in [0, 0.1) is 23.7 Å². The van der Waals surface area contributed by atoms with Crippen LogP contribution in [0.5, 0.6) is 0 Å². The average Bonchev–Trinajstić information content (AvgIpc) is 2.68. The van der Waals surface area contributed by atoms with E-state index in [9.17, 15) is 9.59 Å². The van der Waals surface area contributed by atoms with E-state index in [1.807, 2.05) is 27.7 Å². The van der Waals surface area contributed by atoms with Crippen LogP contribution >= 0.6 is 23.2 Å². The van der Waals surface area contributed by atoms with Crippen LogP contribution < -0.4 is 0 Å². The van der Waals surface area contributed by atoms with Crippen molar-refractivity contribution < 1.29 is 19.1 Å². The quantitative estimate of drug-likeness (QED) is 0.213. The SMILES string of the molecule is CC(C)CC(Cl)C(=O)OC1(OC(=O)C(Cl)CC(C)C)CCC(C2CCCCC2)CC1. The monoisotopic (exact) mass is 462 g/mol. The van der Waals surface area contributed by atoms with Crippen molar-refractivity contribution >= 4 is 35.1 Å². The number of esters is 2. The first kappa shape index (κ1) is 25.8. The molecule has 0 N–H and O–H groups in total. The van der Waals surface area contributed by atoms with E-state index in [1.54, 1.807) is 0 Å². The van der Waals surface area contributed by atoms with Crippen molar-refractivity contribution in [3.05, 3.63) is 0 Å². The predicted molar refractivity (Wildman–Crippen MR) is 122 cm³/mol. The van der Waals surface area contributed by atoms with E-state index >= 15 is 0 Å². The first-order chi connectivity index (χ1) is 14.1. The Morgan fingerprint density at radius 2 is 1.17 bits per heavy atom. The van der Waals surface area contributed by atoms with Crippen LogP contribution in [0.1, 0.15) is 98.3 Å². The summed E-state index contributed by atoms with van der Waals surface area (Å²) in [5.74, 6) is -0.313. The van der Waals surface area contributed by atoms with Crippen molar-refractivity contribution in [1.82, 2.24) is 0 Å². The van der Waals surface area contributed by atoms with Crippen LogP contribution in [0.4, 0.5) is 0 Å². The van der Waals surface area contributed by atoms with Crippen molar-refractivity contribution in [2.24, 2.45) is 23.7 Å². The molecule has 0 heterocycles. The van der Waals surface area contributed by atoms with E-state index in [0.717, 1.165) is 18.8 Å². The second kappa shape index (κ2) is 11.9. The summed E-state index contributed by atoms with van der Waals surface area (Å²) in [6.07, 6.45) is 10.4. The molecule has 0 aliphatic heterocycles. The number of halogens is 2. The fraction of sp³-hybridized carbons (Fsp3) is 0.917. The molecule has 0 aromatic carbocycles. The lowest BCUT2D eigenvalue weighted by atomic mass is 9.72. The molecule has 0 bridgehead atoms. The highest BCUT2D eigenvalue weighted by Gasteiger charge is 2.45. The maximum Gasteiger partial charge on any atom is 0.327 e. The number of hydrogen-bond acceptors (Lipinski definition) is 4. The van der Waals surface area contributed by atoms with Gasteiger partial charge in [0.05, 0.1) is 0 Å². The molecule has 0 saturated heterocycles. The average molecular weight is 463 g/mol.